The Labute approximate surface area is 131 Å². The molecule has 3 fully saturated rings. The van der Waals surface area contributed by atoms with Gasteiger partial charge in [0.2, 0.25) is 5.91 Å². The third-order valence-corrected chi connectivity index (χ3v) is 5.30. The molecule has 2 saturated carbocycles. The van der Waals surface area contributed by atoms with Crippen molar-refractivity contribution in [2.75, 3.05) is 13.1 Å². The minimum absolute atomic E-state index is 0.217. The number of hydrogen-bond acceptors (Lipinski definition) is 4. The number of likely N-dealkylation sites (tertiary alicyclic amines) is 1. The van der Waals surface area contributed by atoms with E-state index in [1.165, 1.54) is 32.1 Å². The molecule has 6 nitrogen and oxygen atoms in total. The van der Waals surface area contributed by atoms with Crippen LogP contribution >= 0.6 is 0 Å². The molecule has 1 atom stereocenters. The maximum atomic E-state index is 12.4. The summed E-state index contributed by atoms with van der Waals surface area (Å²) < 4.78 is 1.87. The lowest BCUT2D eigenvalue weighted by molar-refractivity contribution is -0.123. The Bertz CT molecular complexity index is 497. The first-order valence-corrected chi connectivity index (χ1v) is 8.65. The van der Waals surface area contributed by atoms with E-state index in [2.05, 4.69) is 20.3 Å². The van der Waals surface area contributed by atoms with Gasteiger partial charge in [-0.15, -0.1) is 0 Å². The van der Waals surface area contributed by atoms with Crippen molar-refractivity contribution in [2.24, 2.45) is 11.8 Å². The standard InChI is InChI=1S/C16H25N5O/c22-15(19-16(12-3-4-12)13-5-6-13)9-20-7-1-2-14(20)8-21-11-17-10-18-21/h10-14,16H,1-9H2,(H,19,22)/t14-/m0/s1. The predicted molar refractivity (Wildman–Crippen MR) is 82.0 cm³/mol. The molecule has 6 heteroatoms. The molecular weight excluding hydrogens is 278 g/mol. The molecule has 1 N–H and O–H groups in total. The highest BCUT2D eigenvalue weighted by Crippen LogP contribution is 2.44. The van der Waals surface area contributed by atoms with Crippen LogP contribution in [0.25, 0.3) is 0 Å². The fourth-order valence-electron chi connectivity index (χ4n) is 3.80. The lowest BCUT2D eigenvalue weighted by atomic mass is 10.1. The largest absolute Gasteiger partial charge is 0.352 e. The van der Waals surface area contributed by atoms with E-state index in [9.17, 15) is 4.79 Å². The first-order valence-electron chi connectivity index (χ1n) is 8.65. The Morgan fingerprint density at radius 2 is 2.00 bits per heavy atom. The number of aromatic nitrogens is 3. The van der Waals surface area contributed by atoms with Gasteiger partial charge in [0.25, 0.3) is 0 Å². The second kappa shape index (κ2) is 5.99. The summed E-state index contributed by atoms with van der Waals surface area (Å²) in [7, 11) is 0. The van der Waals surface area contributed by atoms with E-state index in [4.69, 9.17) is 0 Å². The summed E-state index contributed by atoms with van der Waals surface area (Å²) in [6.07, 6.45) is 10.9. The van der Waals surface area contributed by atoms with Gasteiger partial charge in [-0.25, -0.2) is 4.98 Å². The van der Waals surface area contributed by atoms with Crippen molar-refractivity contribution < 1.29 is 4.79 Å². The normalized spacial score (nSPS) is 25.8. The average molecular weight is 303 g/mol. The number of nitrogens with zero attached hydrogens (tertiary/aromatic N) is 4. The lowest BCUT2D eigenvalue weighted by Crippen LogP contribution is -2.46. The summed E-state index contributed by atoms with van der Waals surface area (Å²) in [6, 6.07) is 0.872. The van der Waals surface area contributed by atoms with Gasteiger partial charge in [-0.1, -0.05) is 0 Å². The van der Waals surface area contributed by atoms with Crippen LogP contribution in [0.15, 0.2) is 12.7 Å². The molecule has 1 amide bonds. The van der Waals surface area contributed by atoms with Crippen molar-refractivity contribution in [1.29, 1.82) is 0 Å². The highest BCUT2D eigenvalue weighted by atomic mass is 16.2. The molecule has 1 aromatic rings. The van der Waals surface area contributed by atoms with Gasteiger partial charge in [-0.3, -0.25) is 14.4 Å². The van der Waals surface area contributed by atoms with E-state index < -0.39 is 0 Å². The van der Waals surface area contributed by atoms with Crippen LogP contribution in [0.3, 0.4) is 0 Å². The zero-order valence-corrected chi connectivity index (χ0v) is 13.0. The molecule has 0 radical (unpaired) electrons. The predicted octanol–water partition coefficient (Wildman–Crippen LogP) is 1.05. The van der Waals surface area contributed by atoms with E-state index >= 15 is 0 Å². The molecule has 0 unspecified atom stereocenters. The molecule has 22 heavy (non-hydrogen) atoms. The fourth-order valence-corrected chi connectivity index (χ4v) is 3.80. The van der Waals surface area contributed by atoms with Gasteiger partial charge >= 0.3 is 0 Å². The van der Waals surface area contributed by atoms with Crippen LogP contribution in [0.1, 0.15) is 38.5 Å². The summed E-state index contributed by atoms with van der Waals surface area (Å²) in [4.78, 5) is 18.7. The first-order chi connectivity index (χ1) is 10.8. The molecule has 0 spiro atoms. The molecular formula is C16H25N5O. The Morgan fingerprint density at radius 3 is 2.64 bits per heavy atom. The number of rotatable bonds is 7. The molecule has 1 aliphatic heterocycles. The Kier molecular flexibility index (Phi) is 3.86. The summed E-state index contributed by atoms with van der Waals surface area (Å²) in [5.41, 5.74) is 0. The van der Waals surface area contributed by atoms with Crippen molar-refractivity contribution >= 4 is 5.91 Å². The minimum atomic E-state index is 0.217. The minimum Gasteiger partial charge on any atom is -0.352 e. The van der Waals surface area contributed by atoms with Crippen LogP contribution in [-0.2, 0) is 11.3 Å². The summed E-state index contributed by atoms with van der Waals surface area (Å²) in [6.45, 7) is 2.39. The van der Waals surface area contributed by atoms with Gasteiger partial charge < -0.3 is 5.32 Å². The summed E-state index contributed by atoms with van der Waals surface area (Å²) in [5.74, 6) is 1.75. The molecule has 0 bridgehead atoms. The monoisotopic (exact) mass is 303 g/mol. The Morgan fingerprint density at radius 1 is 1.23 bits per heavy atom. The number of amides is 1. The molecule has 0 aromatic carbocycles. The SMILES string of the molecule is O=C(CN1CCC[C@H]1Cn1cncn1)NC(C1CC1)C1CC1. The molecule has 1 aromatic heterocycles. The lowest BCUT2D eigenvalue weighted by Gasteiger charge is -2.25. The number of carbonyl (C=O) groups is 1. The molecule has 1 saturated heterocycles. The van der Waals surface area contributed by atoms with Crippen LogP contribution in [0.2, 0.25) is 0 Å². The maximum absolute atomic E-state index is 12.4. The third-order valence-electron chi connectivity index (χ3n) is 5.30. The van der Waals surface area contributed by atoms with Crippen molar-refractivity contribution in [3.05, 3.63) is 12.7 Å². The van der Waals surface area contributed by atoms with Crippen molar-refractivity contribution in [3.8, 4) is 0 Å². The van der Waals surface area contributed by atoms with Gasteiger partial charge in [0.05, 0.1) is 13.1 Å². The first kappa shape index (κ1) is 14.2. The number of hydrogen-bond donors (Lipinski definition) is 1. The second-order valence-corrected chi connectivity index (χ2v) is 7.15. The van der Waals surface area contributed by atoms with Gasteiger partial charge in [-0.2, -0.15) is 5.10 Å². The van der Waals surface area contributed by atoms with Crippen LogP contribution in [0.5, 0.6) is 0 Å². The van der Waals surface area contributed by atoms with E-state index in [-0.39, 0.29) is 5.91 Å². The van der Waals surface area contributed by atoms with Gasteiger partial charge in [0, 0.05) is 12.1 Å². The van der Waals surface area contributed by atoms with Gasteiger partial charge in [0.15, 0.2) is 0 Å². The third kappa shape index (κ3) is 3.32. The molecule has 2 heterocycles. The van der Waals surface area contributed by atoms with Gasteiger partial charge in [0.1, 0.15) is 12.7 Å². The van der Waals surface area contributed by atoms with Crippen LogP contribution in [0.4, 0.5) is 0 Å². The van der Waals surface area contributed by atoms with E-state index in [0.717, 1.165) is 31.3 Å². The zero-order valence-electron chi connectivity index (χ0n) is 13.0. The number of nitrogens with one attached hydrogen (secondary N) is 1. The van der Waals surface area contributed by atoms with Crippen molar-refractivity contribution in [2.45, 2.75) is 57.2 Å². The summed E-state index contributed by atoms with van der Waals surface area (Å²) >= 11 is 0. The topological polar surface area (TPSA) is 63.1 Å². The van der Waals surface area contributed by atoms with Crippen LogP contribution in [0, 0.1) is 11.8 Å². The highest BCUT2D eigenvalue weighted by molar-refractivity contribution is 5.78. The fraction of sp³-hybridized carbons (Fsp3) is 0.812. The molecule has 4 rings (SSSR count). The second-order valence-electron chi connectivity index (χ2n) is 7.15. The zero-order chi connectivity index (χ0) is 14.9. The highest BCUT2D eigenvalue weighted by Gasteiger charge is 2.42. The number of carbonyl (C=O) groups excluding carboxylic acids is 1. The summed E-state index contributed by atoms with van der Waals surface area (Å²) in [5, 5.41) is 7.51. The van der Waals surface area contributed by atoms with E-state index in [0.29, 0.717) is 18.6 Å². The average Bonchev–Trinajstić information content (AvgIpc) is 3.43. The van der Waals surface area contributed by atoms with E-state index in [1.807, 2.05) is 4.68 Å². The molecule has 2 aliphatic carbocycles. The van der Waals surface area contributed by atoms with Crippen LogP contribution in [-0.4, -0.2) is 50.7 Å². The Hall–Kier alpha value is -1.43. The van der Waals surface area contributed by atoms with Crippen LogP contribution < -0.4 is 5.32 Å². The van der Waals surface area contributed by atoms with Crippen molar-refractivity contribution in [1.82, 2.24) is 25.0 Å². The van der Waals surface area contributed by atoms with Gasteiger partial charge in [-0.05, 0) is 56.9 Å². The van der Waals surface area contributed by atoms with E-state index in [1.54, 1.807) is 12.7 Å². The smallest absolute Gasteiger partial charge is 0.234 e. The maximum Gasteiger partial charge on any atom is 0.234 e. The quantitative estimate of drug-likeness (QED) is 0.818. The Balaban J connectivity index is 1.30. The van der Waals surface area contributed by atoms with Crippen molar-refractivity contribution in [3.63, 3.8) is 0 Å². The molecule has 3 aliphatic rings. The molecule has 120 valence electrons.